The Morgan fingerprint density at radius 1 is 1.56 bits per heavy atom. The highest BCUT2D eigenvalue weighted by atomic mass is 35.5. The van der Waals surface area contributed by atoms with Crippen LogP contribution >= 0.6 is 22.9 Å². The van der Waals surface area contributed by atoms with Crippen molar-refractivity contribution in [3.63, 3.8) is 0 Å². The molecule has 1 amide bonds. The van der Waals surface area contributed by atoms with Crippen LogP contribution in [-0.2, 0) is 16.0 Å². The normalized spacial score (nSPS) is 16.3. The fourth-order valence-corrected chi connectivity index (χ4v) is 2.97. The van der Waals surface area contributed by atoms with Crippen LogP contribution in [0.3, 0.4) is 0 Å². The second-order valence-corrected chi connectivity index (χ2v) is 6.23. The standard InChI is InChI=1S/C12H14ClNO3S/c1-7(12(16)17)14(8-2-3-8)11(15)6-9-4-5-10(13)18-9/h4-5,7-8H,2-3,6H2,1H3,(H,16,17). The maximum atomic E-state index is 12.2. The van der Waals surface area contributed by atoms with E-state index in [1.165, 1.54) is 16.2 Å². The number of hydrogen-bond acceptors (Lipinski definition) is 3. The molecule has 1 aromatic rings. The zero-order chi connectivity index (χ0) is 13.3. The minimum Gasteiger partial charge on any atom is -0.480 e. The number of aliphatic carboxylic acids is 1. The van der Waals surface area contributed by atoms with Crippen molar-refractivity contribution >= 4 is 34.8 Å². The van der Waals surface area contributed by atoms with Crippen LogP contribution in [0.15, 0.2) is 12.1 Å². The number of halogens is 1. The van der Waals surface area contributed by atoms with Gasteiger partial charge >= 0.3 is 5.97 Å². The lowest BCUT2D eigenvalue weighted by Gasteiger charge is -2.26. The average molecular weight is 288 g/mol. The summed E-state index contributed by atoms with van der Waals surface area (Å²) in [5.74, 6) is -1.09. The average Bonchev–Trinajstić information content (AvgIpc) is 3.03. The summed E-state index contributed by atoms with van der Waals surface area (Å²) in [6, 6.07) is 2.89. The molecule has 2 rings (SSSR count). The van der Waals surface area contributed by atoms with Gasteiger partial charge in [0.15, 0.2) is 0 Å². The molecule has 1 heterocycles. The van der Waals surface area contributed by atoms with Crippen LogP contribution in [0.2, 0.25) is 4.34 Å². The maximum absolute atomic E-state index is 12.2. The lowest BCUT2D eigenvalue weighted by Crippen LogP contribution is -2.45. The lowest BCUT2D eigenvalue weighted by molar-refractivity contribution is -0.149. The van der Waals surface area contributed by atoms with E-state index in [1.54, 1.807) is 19.1 Å². The summed E-state index contributed by atoms with van der Waals surface area (Å²) in [4.78, 5) is 25.6. The first kappa shape index (κ1) is 13.4. The van der Waals surface area contributed by atoms with E-state index in [0.717, 1.165) is 17.7 Å². The molecular weight excluding hydrogens is 274 g/mol. The molecule has 6 heteroatoms. The molecule has 0 aromatic carbocycles. The summed E-state index contributed by atoms with van der Waals surface area (Å²) >= 11 is 7.17. The summed E-state index contributed by atoms with van der Waals surface area (Å²) < 4.78 is 0.641. The van der Waals surface area contributed by atoms with Gasteiger partial charge in [-0.15, -0.1) is 11.3 Å². The Bertz CT molecular complexity index is 470. The zero-order valence-corrected chi connectivity index (χ0v) is 11.5. The third kappa shape index (κ3) is 3.03. The first-order chi connectivity index (χ1) is 8.49. The molecule has 1 aliphatic carbocycles. The SMILES string of the molecule is CC(C(=O)O)N(C(=O)Cc1ccc(Cl)s1)C1CC1. The van der Waals surface area contributed by atoms with E-state index in [0.29, 0.717) is 4.34 Å². The van der Waals surface area contributed by atoms with Gasteiger partial charge in [0, 0.05) is 10.9 Å². The number of nitrogens with zero attached hydrogens (tertiary/aromatic N) is 1. The predicted octanol–water partition coefficient (Wildman–Crippen LogP) is 2.41. The minimum atomic E-state index is -0.959. The molecular formula is C12H14ClNO3S. The number of amides is 1. The second kappa shape index (κ2) is 5.28. The fourth-order valence-electron chi connectivity index (χ4n) is 1.89. The fraction of sp³-hybridized carbons (Fsp3) is 0.500. The largest absolute Gasteiger partial charge is 0.480 e. The van der Waals surface area contributed by atoms with Gasteiger partial charge in [0.2, 0.25) is 5.91 Å². The highest BCUT2D eigenvalue weighted by Gasteiger charge is 2.38. The summed E-state index contributed by atoms with van der Waals surface area (Å²) in [5, 5.41) is 9.04. The molecule has 1 N–H and O–H groups in total. The number of thiophene rings is 1. The second-order valence-electron chi connectivity index (χ2n) is 4.43. The monoisotopic (exact) mass is 287 g/mol. The highest BCUT2D eigenvalue weighted by molar-refractivity contribution is 7.16. The van der Waals surface area contributed by atoms with E-state index in [2.05, 4.69) is 0 Å². The van der Waals surface area contributed by atoms with E-state index in [1.807, 2.05) is 0 Å². The van der Waals surface area contributed by atoms with Crippen LogP contribution in [0.5, 0.6) is 0 Å². The number of hydrogen-bond donors (Lipinski definition) is 1. The molecule has 98 valence electrons. The lowest BCUT2D eigenvalue weighted by atomic mass is 10.2. The Kier molecular flexibility index (Phi) is 3.92. The quantitative estimate of drug-likeness (QED) is 0.905. The predicted molar refractivity (Wildman–Crippen MR) is 70.0 cm³/mol. The molecule has 1 aromatic heterocycles. The van der Waals surface area contributed by atoms with Crippen molar-refractivity contribution < 1.29 is 14.7 Å². The Hall–Kier alpha value is -1.07. The van der Waals surface area contributed by atoms with Gasteiger partial charge in [0.25, 0.3) is 0 Å². The van der Waals surface area contributed by atoms with Crippen LogP contribution in [0, 0.1) is 0 Å². The smallest absolute Gasteiger partial charge is 0.326 e. The van der Waals surface area contributed by atoms with E-state index in [9.17, 15) is 9.59 Å². The van der Waals surface area contributed by atoms with E-state index in [4.69, 9.17) is 16.7 Å². The van der Waals surface area contributed by atoms with Gasteiger partial charge in [-0.1, -0.05) is 11.6 Å². The summed E-state index contributed by atoms with van der Waals surface area (Å²) in [7, 11) is 0. The van der Waals surface area contributed by atoms with Crippen molar-refractivity contribution in [3.8, 4) is 0 Å². The molecule has 1 aliphatic rings. The summed E-state index contributed by atoms with van der Waals surface area (Å²) in [5.41, 5.74) is 0. The molecule has 18 heavy (non-hydrogen) atoms. The van der Waals surface area contributed by atoms with Crippen LogP contribution < -0.4 is 0 Å². The van der Waals surface area contributed by atoms with Crippen molar-refractivity contribution in [2.75, 3.05) is 0 Å². The topological polar surface area (TPSA) is 57.6 Å². The van der Waals surface area contributed by atoms with Crippen LogP contribution in [0.25, 0.3) is 0 Å². The van der Waals surface area contributed by atoms with E-state index in [-0.39, 0.29) is 18.4 Å². The van der Waals surface area contributed by atoms with Gasteiger partial charge in [-0.3, -0.25) is 4.79 Å². The molecule has 1 atom stereocenters. The zero-order valence-electron chi connectivity index (χ0n) is 9.93. The third-order valence-corrected chi connectivity index (χ3v) is 4.19. The molecule has 0 saturated heterocycles. The van der Waals surface area contributed by atoms with Gasteiger partial charge in [-0.05, 0) is 31.9 Å². The number of carbonyl (C=O) groups excluding carboxylic acids is 1. The summed E-state index contributed by atoms with van der Waals surface area (Å²) in [6.45, 7) is 1.56. The van der Waals surface area contributed by atoms with E-state index < -0.39 is 12.0 Å². The van der Waals surface area contributed by atoms with Gasteiger partial charge in [0.1, 0.15) is 6.04 Å². The Morgan fingerprint density at radius 2 is 2.22 bits per heavy atom. The minimum absolute atomic E-state index is 0.0963. The molecule has 0 aliphatic heterocycles. The Labute approximate surface area is 114 Å². The molecule has 1 saturated carbocycles. The Balaban J connectivity index is 2.06. The molecule has 1 unspecified atom stereocenters. The van der Waals surface area contributed by atoms with Crippen LogP contribution in [0.4, 0.5) is 0 Å². The van der Waals surface area contributed by atoms with Crippen LogP contribution in [-0.4, -0.2) is 34.0 Å². The molecule has 1 fully saturated rings. The maximum Gasteiger partial charge on any atom is 0.326 e. The van der Waals surface area contributed by atoms with Crippen molar-refractivity contribution in [1.29, 1.82) is 0 Å². The van der Waals surface area contributed by atoms with Gasteiger partial charge in [-0.25, -0.2) is 4.79 Å². The van der Waals surface area contributed by atoms with Crippen molar-refractivity contribution in [2.24, 2.45) is 0 Å². The van der Waals surface area contributed by atoms with Gasteiger partial charge in [0.05, 0.1) is 10.8 Å². The molecule has 0 radical (unpaired) electrons. The highest BCUT2D eigenvalue weighted by Crippen LogP contribution is 2.30. The summed E-state index contributed by atoms with van der Waals surface area (Å²) in [6.07, 6.45) is 2.02. The first-order valence-electron chi connectivity index (χ1n) is 5.77. The number of carboxylic acids is 1. The van der Waals surface area contributed by atoms with Crippen molar-refractivity contribution in [1.82, 2.24) is 4.90 Å². The molecule has 0 bridgehead atoms. The Morgan fingerprint density at radius 3 is 2.67 bits per heavy atom. The van der Waals surface area contributed by atoms with E-state index >= 15 is 0 Å². The number of carbonyl (C=O) groups is 2. The molecule has 4 nitrogen and oxygen atoms in total. The van der Waals surface area contributed by atoms with Gasteiger partial charge in [-0.2, -0.15) is 0 Å². The molecule has 0 spiro atoms. The van der Waals surface area contributed by atoms with Crippen molar-refractivity contribution in [3.05, 3.63) is 21.3 Å². The number of carboxylic acid groups (broad SMARTS) is 1. The van der Waals surface area contributed by atoms with Gasteiger partial charge < -0.3 is 10.0 Å². The number of rotatable bonds is 5. The van der Waals surface area contributed by atoms with Crippen LogP contribution in [0.1, 0.15) is 24.6 Å². The van der Waals surface area contributed by atoms with Crippen molar-refractivity contribution in [2.45, 2.75) is 38.3 Å². The first-order valence-corrected chi connectivity index (χ1v) is 6.96. The third-order valence-electron chi connectivity index (χ3n) is 2.96.